The molecule has 0 fully saturated rings. The number of carbonyl (C=O) groups excluding carboxylic acids is 1. The summed E-state index contributed by atoms with van der Waals surface area (Å²) in [7, 11) is 0. The molecule has 0 saturated carbocycles. The molecule has 6 heteroatoms. The van der Waals surface area contributed by atoms with E-state index in [1.807, 2.05) is 23.9 Å². The van der Waals surface area contributed by atoms with E-state index in [0.717, 1.165) is 28.6 Å². The average Bonchev–Trinajstić information content (AvgIpc) is 3.05. The number of thiazole rings is 1. The van der Waals surface area contributed by atoms with Crippen LogP contribution in [-0.4, -0.2) is 26.7 Å². The van der Waals surface area contributed by atoms with Crippen molar-refractivity contribution in [3.8, 4) is 5.13 Å². The van der Waals surface area contributed by atoms with Gasteiger partial charge in [-0.15, -0.1) is 11.3 Å². The number of rotatable bonds is 8. The highest BCUT2D eigenvalue weighted by molar-refractivity contribution is 7.12. The lowest BCUT2D eigenvalue weighted by Crippen LogP contribution is -2.31. The van der Waals surface area contributed by atoms with Crippen LogP contribution >= 0.6 is 11.3 Å². The zero-order chi connectivity index (χ0) is 17.7. The van der Waals surface area contributed by atoms with Crippen LogP contribution in [0.1, 0.15) is 62.7 Å². The maximum Gasteiger partial charge on any atom is 0.226 e. The van der Waals surface area contributed by atoms with E-state index in [0.29, 0.717) is 6.42 Å². The molecule has 2 heterocycles. The predicted molar refractivity (Wildman–Crippen MR) is 98.9 cm³/mol. The molecule has 0 aliphatic heterocycles. The molecule has 2 aromatic rings. The Morgan fingerprint density at radius 2 is 2.08 bits per heavy atom. The minimum Gasteiger partial charge on any atom is -0.354 e. The lowest BCUT2D eigenvalue weighted by atomic mass is 10.1. The van der Waals surface area contributed by atoms with Gasteiger partial charge in [0, 0.05) is 17.1 Å². The number of amides is 1. The SMILES string of the molecule is CCCCCc1c(C)nn(-c2nc(CC(=O)NC(C)C)cs2)c1C. The fourth-order valence-electron chi connectivity index (χ4n) is 2.79. The van der Waals surface area contributed by atoms with Crippen LogP contribution in [0.5, 0.6) is 0 Å². The minimum atomic E-state index is 0.00970. The van der Waals surface area contributed by atoms with Gasteiger partial charge in [-0.2, -0.15) is 5.10 Å². The molecule has 0 aromatic carbocycles. The molecule has 24 heavy (non-hydrogen) atoms. The minimum absolute atomic E-state index is 0.00970. The first-order valence-corrected chi connectivity index (χ1v) is 9.59. The number of nitrogens with zero attached hydrogens (tertiary/aromatic N) is 3. The Balaban J connectivity index is 2.12. The Kier molecular flexibility index (Phi) is 6.54. The summed E-state index contributed by atoms with van der Waals surface area (Å²) in [5, 5.41) is 10.3. The summed E-state index contributed by atoms with van der Waals surface area (Å²) in [6, 6.07) is 0.150. The summed E-state index contributed by atoms with van der Waals surface area (Å²) in [6.45, 7) is 10.3. The van der Waals surface area contributed by atoms with Crippen molar-refractivity contribution in [2.24, 2.45) is 0 Å². The summed E-state index contributed by atoms with van der Waals surface area (Å²) in [4.78, 5) is 16.5. The van der Waals surface area contributed by atoms with Gasteiger partial charge in [-0.25, -0.2) is 9.67 Å². The lowest BCUT2D eigenvalue weighted by Gasteiger charge is -2.06. The van der Waals surface area contributed by atoms with Crippen molar-refractivity contribution in [3.05, 3.63) is 28.0 Å². The maximum absolute atomic E-state index is 11.9. The molecule has 0 aliphatic carbocycles. The second-order valence-electron chi connectivity index (χ2n) is 6.54. The molecule has 2 aromatic heterocycles. The van der Waals surface area contributed by atoms with Crippen molar-refractivity contribution in [1.29, 1.82) is 0 Å². The standard InChI is InChI=1S/C18H28N4OS/c1-6-7-8-9-16-13(4)21-22(14(16)5)18-20-15(11-24-18)10-17(23)19-12(2)3/h11-12H,6-10H2,1-5H3,(H,19,23). The van der Waals surface area contributed by atoms with Crippen molar-refractivity contribution >= 4 is 17.2 Å². The third-order valence-corrected chi connectivity index (χ3v) is 4.85. The van der Waals surface area contributed by atoms with Crippen LogP contribution in [0.15, 0.2) is 5.38 Å². The lowest BCUT2D eigenvalue weighted by molar-refractivity contribution is -0.120. The van der Waals surface area contributed by atoms with E-state index in [9.17, 15) is 4.79 Å². The van der Waals surface area contributed by atoms with Crippen molar-refractivity contribution in [3.63, 3.8) is 0 Å². The maximum atomic E-state index is 11.9. The molecular formula is C18H28N4OS. The first-order chi connectivity index (χ1) is 11.4. The number of carbonyl (C=O) groups is 1. The van der Waals surface area contributed by atoms with Crippen LogP contribution in [-0.2, 0) is 17.6 Å². The van der Waals surface area contributed by atoms with E-state index in [4.69, 9.17) is 0 Å². The Bertz CT molecular complexity index is 687. The van der Waals surface area contributed by atoms with Crippen LogP contribution in [0.3, 0.4) is 0 Å². The zero-order valence-corrected chi connectivity index (χ0v) is 16.2. The van der Waals surface area contributed by atoms with E-state index in [2.05, 4.69) is 36.2 Å². The zero-order valence-electron chi connectivity index (χ0n) is 15.3. The molecule has 0 unspecified atom stereocenters. The Labute approximate surface area is 148 Å². The summed E-state index contributed by atoms with van der Waals surface area (Å²) in [5.74, 6) is 0.00970. The quantitative estimate of drug-likeness (QED) is 0.739. The van der Waals surface area contributed by atoms with E-state index in [-0.39, 0.29) is 11.9 Å². The average molecular weight is 349 g/mol. The summed E-state index contributed by atoms with van der Waals surface area (Å²) < 4.78 is 1.92. The molecule has 0 atom stereocenters. The van der Waals surface area contributed by atoms with Crippen LogP contribution in [0.25, 0.3) is 5.13 Å². The van der Waals surface area contributed by atoms with Gasteiger partial charge in [0.05, 0.1) is 17.8 Å². The first kappa shape index (κ1) is 18.6. The van der Waals surface area contributed by atoms with Crippen LogP contribution in [0.4, 0.5) is 0 Å². The fraction of sp³-hybridized carbons (Fsp3) is 0.611. The Morgan fingerprint density at radius 1 is 1.33 bits per heavy atom. The first-order valence-electron chi connectivity index (χ1n) is 8.71. The van der Waals surface area contributed by atoms with Gasteiger partial charge in [-0.3, -0.25) is 4.79 Å². The highest BCUT2D eigenvalue weighted by atomic mass is 32.1. The third kappa shape index (κ3) is 4.66. The highest BCUT2D eigenvalue weighted by Crippen LogP contribution is 2.22. The fourth-order valence-corrected chi connectivity index (χ4v) is 3.61. The number of hydrogen-bond donors (Lipinski definition) is 1. The van der Waals surface area contributed by atoms with Gasteiger partial charge in [-0.05, 0) is 46.1 Å². The van der Waals surface area contributed by atoms with Crippen molar-refractivity contribution in [2.75, 3.05) is 0 Å². The second-order valence-corrected chi connectivity index (χ2v) is 7.38. The van der Waals surface area contributed by atoms with Gasteiger partial charge >= 0.3 is 0 Å². The molecule has 5 nitrogen and oxygen atoms in total. The Morgan fingerprint density at radius 3 is 2.75 bits per heavy atom. The molecule has 0 bridgehead atoms. The van der Waals surface area contributed by atoms with Crippen LogP contribution in [0, 0.1) is 13.8 Å². The number of aromatic nitrogens is 3. The second kappa shape index (κ2) is 8.42. The molecule has 2 rings (SSSR count). The highest BCUT2D eigenvalue weighted by Gasteiger charge is 2.16. The number of aryl methyl sites for hydroxylation is 1. The molecule has 0 aliphatic rings. The molecule has 1 N–H and O–H groups in total. The summed E-state index contributed by atoms with van der Waals surface area (Å²) in [5.41, 5.74) is 4.38. The number of nitrogens with one attached hydrogen (secondary N) is 1. The normalized spacial score (nSPS) is 11.2. The molecule has 1 amide bonds. The largest absolute Gasteiger partial charge is 0.354 e. The summed E-state index contributed by atoms with van der Waals surface area (Å²) >= 11 is 1.54. The Hall–Kier alpha value is -1.69. The van der Waals surface area contributed by atoms with Gasteiger partial charge in [-0.1, -0.05) is 19.8 Å². The monoisotopic (exact) mass is 348 g/mol. The van der Waals surface area contributed by atoms with E-state index < -0.39 is 0 Å². The van der Waals surface area contributed by atoms with Crippen molar-refractivity contribution in [2.45, 2.75) is 72.8 Å². The number of hydrogen-bond acceptors (Lipinski definition) is 4. The van der Waals surface area contributed by atoms with Gasteiger partial charge in [0.1, 0.15) is 0 Å². The topological polar surface area (TPSA) is 59.8 Å². The smallest absolute Gasteiger partial charge is 0.226 e. The number of unbranched alkanes of at least 4 members (excludes halogenated alkanes) is 2. The molecule has 132 valence electrons. The van der Waals surface area contributed by atoms with Gasteiger partial charge < -0.3 is 5.32 Å². The third-order valence-electron chi connectivity index (χ3n) is 3.98. The molecule has 0 saturated heterocycles. The van der Waals surface area contributed by atoms with E-state index in [1.54, 1.807) is 0 Å². The van der Waals surface area contributed by atoms with E-state index >= 15 is 0 Å². The molecule has 0 radical (unpaired) electrons. The molecular weight excluding hydrogens is 320 g/mol. The van der Waals surface area contributed by atoms with Crippen molar-refractivity contribution in [1.82, 2.24) is 20.1 Å². The predicted octanol–water partition coefficient (Wildman–Crippen LogP) is 3.75. The molecule has 0 spiro atoms. The van der Waals surface area contributed by atoms with Crippen molar-refractivity contribution < 1.29 is 4.79 Å². The van der Waals surface area contributed by atoms with Crippen LogP contribution < -0.4 is 5.32 Å². The van der Waals surface area contributed by atoms with Gasteiger partial charge in [0.2, 0.25) is 11.0 Å². The summed E-state index contributed by atoms with van der Waals surface area (Å²) in [6.07, 6.45) is 5.05. The van der Waals surface area contributed by atoms with Crippen LogP contribution in [0.2, 0.25) is 0 Å². The van der Waals surface area contributed by atoms with Gasteiger partial charge in [0.25, 0.3) is 0 Å². The van der Waals surface area contributed by atoms with Gasteiger partial charge in [0.15, 0.2) is 0 Å². The van der Waals surface area contributed by atoms with E-state index in [1.165, 1.54) is 36.2 Å².